The third-order valence-corrected chi connectivity index (χ3v) is 7.49. The highest BCUT2D eigenvalue weighted by atomic mass is 35.5. The van der Waals surface area contributed by atoms with Crippen LogP contribution in [0.5, 0.6) is 17.2 Å². The predicted octanol–water partition coefficient (Wildman–Crippen LogP) is 4.89. The summed E-state index contributed by atoms with van der Waals surface area (Å²) in [6.07, 6.45) is 0.154. The Bertz CT molecular complexity index is 1180. The summed E-state index contributed by atoms with van der Waals surface area (Å²) in [5.41, 5.74) is 3.21. The zero-order chi connectivity index (χ0) is 23.7. The fourth-order valence-corrected chi connectivity index (χ4v) is 5.44. The van der Waals surface area contributed by atoms with E-state index in [4.69, 9.17) is 25.8 Å². The average Bonchev–Trinajstić information content (AvgIpc) is 2.84. The Morgan fingerprint density at radius 3 is 2.42 bits per heavy atom. The number of rotatable bonds is 5. The minimum absolute atomic E-state index is 0.0544. The van der Waals surface area contributed by atoms with Gasteiger partial charge in [0.15, 0.2) is 11.5 Å². The van der Waals surface area contributed by atoms with Crippen molar-refractivity contribution in [2.45, 2.75) is 19.3 Å². The molecule has 172 valence electrons. The third kappa shape index (κ3) is 4.19. The molecule has 0 saturated carbocycles. The van der Waals surface area contributed by atoms with E-state index in [1.165, 1.54) is 11.8 Å². The van der Waals surface area contributed by atoms with Crippen LogP contribution in [0.1, 0.15) is 23.5 Å². The number of benzene rings is 2. The fourth-order valence-electron chi connectivity index (χ4n) is 4.09. The molecule has 0 aliphatic carbocycles. The van der Waals surface area contributed by atoms with Crippen LogP contribution in [-0.4, -0.2) is 44.7 Å². The number of carbonyl (C=O) groups is 1. The molecule has 4 rings (SSSR count). The maximum atomic E-state index is 13.3. The molecule has 1 saturated heterocycles. The highest BCUT2D eigenvalue weighted by Crippen LogP contribution is 2.47. The van der Waals surface area contributed by atoms with E-state index in [0.717, 1.165) is 16.8 Å². The van der Waals surface area contributed by atoms with E-state index in [0.29, 0.717) is 45.4 Å². The molecule has 0 radical (unpaired) electrons. The number of nitriles is 1. The first kappa shape index (κ1) is 23.1. The van der Waals surface area contributed by atoms with Crippen molar-refractivity contribution >= 4 is 35.0 Å². The summed E-state index contributed by atoms with van der Waals surface area (Å²) >= 11 is 7.78. The molecule has 7 nitrogen and oxygen atoms in total. The van der Waals surface area contributed by atoms with E-state index in [1.54, 1.807) is 38.4 Å². The van der Waals surface area contributed by atoms with Crippen molar-refractivity contribution in [3.8, 4) is 23.3 Å². The first-order valence-electron chi connectivity index (χ1n) is 10.3. The van der Waals surface area contributed by atoms with Crippen LogP contribution in [0.2, 0.25) is 5.02 Å². The number of thioether (sulfide) groups is 1. The van der Waals surface area contributed by atoms with Crippen LogP contribution in [-0.2, 0) is 4.79 Å². The van der Waals surface area contributed by atoms with Gasteiger partial charge in [0.2, 0.25) is 5.91 Å². The molecule has 1 amide bonds. The van der Waals surface area contributed by atoms with Crippen LogP contribution in [0.15, 0.2) is 40.9 Å². The van der Waals surface area contributed by atoms with Crippen molar-refractivity contribution in [3.63, 3.8) is 0 Å². The van der Waals surface area contributed by atoms with Gasteiger partial charge in [-0.25, -0.2) is 0 Å². The molecule has 2 aliphatic heterocycles. The van der Waals surface area contributed by atoms with Crippen molar-refractivity contribution < 1.29 is 19.0 Å². The number of halogens is 1. The minimum Gasteiger partial charge on any atom is -0.496 e. The molecule has 0 N–H and O–H groups in total. The molecule has 2 aromatic rings. The monoisotopic (exact) mass is 485 g/mol. The molecule has 1 unspecified atom stereocenters. The van der Waals surface area contributed by atoms with E-state index < -0.39 is 5.92 Å². The van der Waals surface area contributed by atoms with E-state index in [9.17, 15) is 10.1 Å². The van der Waals surface area contributed by atoms with Crippen molar-refractivity contribution in [3.05, 3.63) is 57.1 Å². The molecule has 0 aromatic heterocycles. The molecule has 2 aliphatic rings. The summed E-state index contributed by atoms with van der Waals surface area (Å²) in [4.78, 5) is 17.0. The molecule has 2 heterocycles. The van der Waals surface area contributed by atoms with Gasteiger partial charge in [0.05, 0.1) is 50.5 Å². The van der Waals surface area contributed by atoms with Gasteiger partial charge < -0.3 is 19.1 Å². The smallest absolute Gasteiger partial charge is 0.229 e. The summed E-state index contributed by atoms with van der Waals surface area (Å²) in [5.74, 6) is 1.69. The highest BCUT2D eigenvalue weighted by Gasteiger charge is 2.39. The lowest BCUT2D eigenvalue weighted by atomic mass is 9.85. The Labute approximate surface area is 202 Å². The number of carbonyl (C=O) groups excluding carboxylic acids is 1. The van der Waals surface area contributed by atoms with Gasteiger partial charge in [0.1, 0.15) is 5.75 Å². The normalized spacial score (nSPS) is 18.1. The zero-order valence-corrected chi connectivity index (χ0v) is 20.4. The van der Waals surface area contributed by atoms with Crippen LogP contribution >= 0.6 is 23.4 Å². The van der Waals surface area contributed by atoms with Crippen LogP contribution in [0.25, 0.3) is 0 Å². The fraction of sp³-hybridized carbons (Fsp3) is 0.333. The quantitative estimate of drug-likeness (QED) is 0.596. The van der Waals surface area contributed by atoms with Gasteiger partial charge in [-0.3, -0.25) is 9.69 Å². The van der Waals surface area contributed by atoms with E-state index in [-0.39, 0.29) is 12.3 Å². The summed E-state index contributed by atoms with van der Waals surface area (Å²) in [6.45, 7) is 2.31. The van der Waals surface area contributed by atoms with Crippen LogP contribution in [0.3, 0.4) is 0 Å². The van der Waals surface area contributed by atoms with Crippen molar-refractivity contribution in [1.29, 1.82) is 5.26 Å². The largest absolute Gasteiger partial charge is 0.496 e. The third-order valence-electron chi connectivity index (χ3n) is 5.93. The highest BCUT2D eigenvalue weighted by molar-refractivity contribution is 8.03. The SMILES string of the molecule is COc1cc(OC)c(C2CC(=O)N3CN(c4ccc(C)c(Cl)c4)CSC3=C2C#N)cc1OC. The van der Waals surface area contributed by atoms with Crippen molar-refractivity contribution in [2.75, 3.05) is 38.8 Å². The molecule has 33 heavy (non-hydrogen) atoms. The Morgan fingerprint density at radius 2 is 1.79 bits per heavy atom. The molecule has 0 bridgehead atoms. The number of methoxy groups -OCH3 is 3. The molecule has 2 aromatic carbocycles. The van der Waals surface area contributed by atoms with Gasteiger partial charge in [0.25, 0.3) is 0 Å². The number of fused-ring (bicyclic) bond motifs is 1. The Balaban J connectivity index is 1.72. The van der Waals surface area contributed by atoms with E-state index in [1.807, 2.05) is 25.1 Å². The van der Waals surface area contributed by atoms with E-state index >= 15 is 0 Å². The van der Waals surface area contributed by atoms with Gasteiger partial charge >= 0.3 is 0 Å². The average molecular weight is 486 g/mol. The lowest BCUT2D eigenvalue weighted by Gasteiger charge is -2.42. The van der Waals surface area contributed by atoms with Crippen LogP contribution in [0, 0.1) is 18.3 Å². The van der Waals surface area contributed by atoms with Crippen LogP contribution < -0.4 is 19.1 Å². The maximum Gasteiger partial charge on any atom is 0.229 e. The molecule has 0 spiro atoms. The van der Waals surface area contributed by atoms with Gasteiger partial charge in [-0.2, -0.15) is 5.26 Å². The van der Waals surface area contributed by atoms with Crippen molar-refractivity contribution in [1.82, 2.24) is 4.90 Å². The number of aryl methyl sites for hydroxylation is 1. The van der Waals surface area contributed by atoms with Crippen LogP contribution in [0.4, 0.5) is 5.69 Å². The molecular weight excluding hydrogens is 462 g/mol. The summed E-state index contributed by atoms with van der Waals surface area (Å²) in [5, 5.41) is 11.5. The Hall–Kier alpha value is -3.02. The second-order valence-electron chi connectivity index (χ2n) is 7.75. The number of hydrogen-bond donors (Lipinski definition) is 0. The molecule has 1 atom stereocenters. The number of anilines is 1. The summed E-state index contributed by atoms with van der Waals surface area (Å²) in [6, 6.07) is 11.7. The molecule has 9 heteroatoms. The van der Waals surface area contributed by atoms with Gasteiger partial charge in [-0.05, 0) is 30.7 Å². The van der Waals surface area contributed by atoms with Gasteiger partial charge in [-0.15, -0.1) is 0 Å². The topological polar surface area (TPSA) is 75.0 Å². The molecule has 1 fully saturated rings. The Morgan fingerprint density at radius 1 is 1.09 bits per heavy atom. The second kappa shape index (κ2) is 9.46. The summed E-state index contributed by atoms with van der Waals surface area (Å²) < 4.78 is 16.4. The number of hydrogen-bond acceptors (Lipinski definition) is 7. The maximum absolute atomic E-state index is 13.3. The second-order valence-corrected chi connectivity index (χ2v) is 9.09. The van der Waals surface area contributed by atoms with Gasteiger partial charge in [-0.1, -0.05) is 29.4 Å². The summed E-state index contributed by atoms with van der Waals surface area (Å²) in [7, 11) is 4.66. The van der Waals surface area contributed by atoms with Crippen molar-refractivity contribution in [2.24, 2.45) is 0 Å². The van der Waals surface area contributed by atoms with E-state index in [2.05, 4.69) is 11.0 Å². The predicted molar refractivity (Wildman–Crippen MR) is 129 cm³/mol. The van der Waals surface area contributed by atoms with Gasteiger partial charge in [0, 0.05) is 34.7 Å². The number of nitrogens with zero attached hydrogens (tertiary/aromatic N) is 3. The minimum atomic E-state index is -0.434. The first-order valence-corrected chi connectivity index (χ1v) is 11.7. The first-order chi connectivity index (χ1) is 15.9. The standard InChI is InChI=1S/C24H24ClN3O4S/c1-14-5-6-15(7-19(14)25)27-12-28-23(29)9-16(18(11-26)24(28)33-13-27)17-8-21(31-3)22(32-4)10-20(17)30-2/h5-8,10,16H,9,12-13H2,1-4H3. The number of ether oxygens (including phenoxy) is 3. The molecular formula is C24H24ClN3O4S. The zero-order valence-electron chi connectivity index (χ0n) is 18.8. The number of allylic oxidation sites excluding steroid dienone is 1. The number of amides is 1. The lowest BCUT2D eigenvalue weighted by molar-refractivity contribution is -0.129. The lowest BCUT2D eigenvalue weighted by Crippen LogP contribution is -2.47. The Kier molecular flexibility index (Phi) is 6.63.